The molecule has 0 bridgehead atoms. The highest BCUT2D eigenvalue weighted by molar-refractivity contribution is 5.94. The molecule has 0 unspecified atom stereocenters. The van der Waals surface area contributed by atoms with Crippen LogP contribution in [0.3, 0.4) is 0 Å². The van der Waals surface area contributed by atoms with Crippen molar-refractivity contribution in [3.8, 4) is 5.75 Å². The molecule has 0 aromatic heterocycles. The fourth-order valence-corrected chi connectivity index (χ4v) is 3.00. The van der Waals surface area contributed by atoms with E-state index in [1.54, 1.807) is 0 Å². The molecule has 1 aliphatic rings. The number of carbonyl (C=O) groups is 1. The molecule has 1 N–H and O–H groups in total. The van der Waals surface area contributed by atoms with Crippen LogP contribution in [0.2, 0.25) is 0 Å². The van der Waals surface area contributed by atoms with E-state index in [0.717, 1.165) is 30.9 Å². The number of ether oxygens (including phenoxy) is 1. The molecule has 126 valence electrons. The maximum Gasteiger partial charge on any atom is 0.254 e. The highest BCUT2D eigenvalue weighted by Gasteiger charge is 2.24. The Morgan fingerprint density at radius 3 is 2.88 bits per heavy atom. The predicted molar refractivity (Wildman–Crippen MR) is 95.3 cm³/mol. The van der Waals surface area contributed by atoms with E-state index in [9.17, 15) is 4.79 Å². The molecule has 1 aliphatic heterocycles. The van der Waals surface area contributed by atoms with Gasteiger partial charge in [0, 0.05) is 31.2 Å². The molecule has 4 nitrogen and oxygen atoms in total. The van der Waals surface area contributed by atoms with Crippen LogP contribution in [0, 0.1) is 6.92 Å². The van der Waals surface area contributed by atoms with Gasteiger partial charge in [-0.1, -0.05) is 35.9 Å². The summed E-state index contributed by atoms with van der Waals surface area (Å²) in [5.41, 5.74) is 3.03. The van der Waals surface area contributed by atoms with Gasteiger partial charge in [-0.15, -0.1) is 0 Å². The number of piperazine rings is 1. The van der Waals surface area contributed by atoms with Gasteiger partial charge in [0.05, 0.1) is 0 Å². The summed E-state index contributed by atoms with van der Waals surface area (Å²) in [4.78, 5) is 14.7. The Balaban J connectivity index is 1.68. The molecule has 1 atom stereocenters. The fraction of sp³-hybridized carbons (Fsp3) is 0.350. The second-order valence-electron chi connectivity index (χ2n) is 6.36. The van der Waals surface area contributed by atoms with Crippen LogP contribution in [0.5, 0.6) is 5.75 Å². The molecule has 2 aromatic rings. The van der Waals surface area contributed by atoms with Crippen molar-refractivity contribution in [3.05, 3.63) is 65.2 Å². The fourth-order valence-electron chi connectivity index (χ4n) is 3.00. The van der Waals surface area contributed by atoms with Crippen molar-refractivity contribution in [1.29, 1.82) is 0 Å². The highest BCUT2D eigenvalue weighted by atomic mass is 16.5. The van der Waals surface area contributed by atoms with Gasteiger partial charge in [-0.2, -0.15) is 0 Å². The summed E-state index contributed by atoms with van der Waals surface area (Å²) < 4.78 is 5.87. The van der Waals surface area contributed by atoms with Gasteiger partial charge in [-0.25, -0.2) is 0 Å². The molecule has 2 aromatic carbocycles. The quantitative estimate of drug-likeness (QED) is 0.940. The average molecular weight is 324 g/mol. The minimum absolute atomic E-state index is 0.0741. The molecular formula is C20H24N2O2. The van der Waals surface area contributed by atoms with Gasteiger partial charge in [-0.3, -0.25) is 4.79 Å². The van der Waals surface area contributed by atoms with Gasteiger partial charge < -0.3 is 15.0 Å². The molecule has 0 spiro atoms. The van der Waals surface area contributed by atoms with Crippen LogP contribution in [0.1, 0.15) is 28.4 Å². The molecule has 1 fully saturated rings. The van der Waals surface area contributed by atoms with Crippen molar-refractivity contribution in [3.63, 3.8) is 0 Å². The first-order valence-corrected chi connectivity index (χ1v) is 8.43. The van der Waals surface area contributed by atoms with Gasteiger partial charge in [0.25, 0.3) is 5.91 Å². The number of carbonyl (C=O) groups excluding carboxylic acids is 1. The number of hydrogen-bond donors (Lipinski definition) is 1. The van der Waals surface area contributed by atoms with Crippen LogP contribution < -0.4 is 10.1 Å². The summed E-state index contributed by atoms with van der Waals surface area (Å²) in [6.07, 6.45) is 0. The van der Waals surface area contributed by atoms with Gasteiger partial charge in [0.2, 0.25) is 0 Å². The van der Waals surface area contributed by atoms with Crippen LogP contribution in [-0.4, -0.2) is 36.5 Å². The molecule has 1 saturated heterocycles. The minimum Gasteiger partial charge on any atom is -0.489 e. The Morgan fingerprint density at radius 2 is 2.08 bits per heavy atom. The van der Waals surface area contributed by atoms with Crippen LogP contribution in [0.15, 0.2) is 48.5 Å². The first kappa shape index (κ1) is 16.5. The normalized spacial score (nSPS) is 17.6. The maximum atomic E-state index is 12.7. The summed E-state index contributed by atoms with van der Waals surface area (Å²) in [5, 5.41) is 3.31. The number of aryl methyl sites for hydroxylation is 1. The Bertz CT molecular complexity index is 714. The predicted octanol–water partition coefficient (Wildman–Crippen LogP) is 3.01. The van der Waals surface area contributed by atoms with Crippen molar-refractivity contribution in [2.75, 3.05) is 19.6 Å². The third-order valence-corrected chi connectivity index (χ3v) is 4.33. The summed E-state index contributed by atoms with van der Waals surface area (Å²) in [6.45, 7) is 7.08. The second-order valence-corrected chi connectivity index (χ2v) is 6.36. The van der Waals surface area contributed by atoms with E-state index in [2.05, 4.69) is 31.3 Å². The van der Waals surface area contributed by atoms with E-state index in [4.69, 9.17) is 4.74 Å². The number of benzene rings is 2. The molecule has 1 heterocycles. The average Bonchev–Trinajstić information content (AvgIpc) is 2.60. The summed E-state index contributed by atoms with van der Waals surface area (Å²) in [6, 6.07) is 15.9. The molecule has 1 amide bonds. The molecule has 3 rings (SSSR count). The van der Waals surface area contributed by atoms with Crippen LogP contribution >= 0.6 is 0 Å². The number of hydrogen-bond acceptors (Lipinski definition) is 3. The third-order valence-electron chi connectivity index (χ3n) is 4.33. The molecule has 0 saturated carbocycles. The SMILES string of the molecule is Cc1cccc(COc2cccc(C(=O)N3CCNC[C@H]3C)c2)c1. The third kappa shape index (κ3) is 3.95. The van der Waals surface area contributed by atoms with Gasteiger partial charge >= 0.3 is 0 Å². The first-order chi connectivity index (χ1) is 11.6. The smallest absolute Gasteiger partial charge is 0.254 e. The van der Waals surface area contributed by atoms with Crippen LogP contribution in [0.4, 0.5) is 0 Å². The standard InChI is InChI=1S/C20H24N2O2/c1-15-5-3-6-17(11-15)14-24-19-8-4-7-18(12-19)20(23)22-10-9-21-13-16(22)2/h3-8,11-12,16,21H,9-10,13-14H2,1-2H3/t16-/m1/s1. The summed E-state index contributed by atoms with van der Waals surface area (Å²) in [7, 11) is 0. The Labute approximate surface area is 143 Å². The summed E-state index contributed by atoms with van der Waals surface area (Å²) >= 11 is 0. The van der Waals surface area contributed by atoms with E-state index in [1.165, 1.54) is 5.56 Å². The Morgan fingerprint density at radius 1 is 1.25 bits per heavy atom. The zero-order chi connectivity index (χ0) is 16.9. The lowest BCUT2D eigenvalue weighted by Gasteiger charge is -2.34. The number of rotatable bonds is 4. The van der Waals surface area contributed by atoms with Crippen molar-refractivity contribution in [1.82, 2.24) is 10.2 Å². The summed E-state index contributed by atoms with van der Waals surface area (Å²) in [5.74, 6) is 0.801. The Hall–Kier alpha value is -2.33. The van der Waals surface area contributed by atoms with Crippen LogP contribution in [0.25, 0.3) is 0 Å². The molecule has 0 radical (unpaired) electrons. The topological polar surface area (TPSA) is 41.6 Å². The zero-order valence-corrected chi connectivity index (χ0v) is 14.3. The van der Waals surface area contributed by atoms with Crippen molar-refractivity contribution < 1.29 is 9.53 Å². The maximum absolute atomic E-state index is 12.7. The lowest BCUT2D eigenvalue weighted by atomic mass is 10.1. The zero-order valence-electron chi connectivity index (χ0n) is 14.3. The van der Waals surface area contributed by atoms with Crippen LogP contribution in [-0.2, 0) is 6.61 Å². The molecule has 0 aliphatic carbocycles. The lowest BCUT2D eigenvalue weighted by molar-refractivity contribution is 0.0655. The van der Waals surface area contributed by atoms with Crippen molar-refractivity contribution >= 4 is 5.91 Å². The van der Waals surface area contributed by atoms with E-state index < -0.39 is 0 Å². The van der Waals surface area contributed by atoms with E-state index in [1.807, 2.05) is 41.3 Å². The highest BCUT2D eigenvalue weighted by Crippen LogP contribution is 2.18. The van der Waals surface area contributed by atoms with Gasteiger partial charge in [0.1, 0.15) is 12.4 Å². The number of nitrogens with zero attached hydrogens (tertiary/aromatic N) is 1. The monoisotopic (exact) mass is 324 g/mol. The van der Waals surface area contributed by atoms with E-state index in [-0.39, 0.29) is 11.9 Å². The molecule has 24 heavy (non-hydrogen) atoms. The molecule has 4 heteroatoms. The van der Waals surface area contributed by atoms with E-state index in [0.29, 0.717) is 12.2 Å². The van der Waals surface area contributed by atoms with Crippen molar-refractivity contribution in [2.45, 2.75) is 26.5 Å². The Kier molecular flexibility index (Phi) is 5.16. The lowest BCUT2D eigenvalue weighted by Crippen LogP contribution is -2.52. The first-order valence-electron chi connectivity index (χ1n) is 8.43. The van der Waals surface area contributed by atoms with Gasteiger partial charge in [0.15, 0.2) is 0 Å². The number of nitrogens with one attached hydrogen (secondary N) is 1. The largest absolute Gasteiger partial charge is 0.489 e. The minimum atomic E-state index is 0.0741. The molecular weight excluding hydrogens is 300 g/mol. The second kappa shape index (κ2) is 7.49. The van der Waals surface area contributed by atoms with Crippen molar-refractivity contribution in [2.24, 2.45) is 0 Å². The number of amides is 1. The van der Waals surface area contributed by atoms with Gasteiger partial charge in [-0.05, 0) is 37.6 Å². The van der Waals surface area contributed by atoms with E-state index >= 15 is 0 Å².